The highest BCUT2D eigenvalue weighted by Crippen LogP contribution is 2.23. The summed E-state index contributed by atoms with van der Waals surface area (Å²) >= 11 is 0. The number of pyridine rings is 1. The van der Waals surface area contributed by atoms with Crippen molar-refractivity contribution in [2.45, 2.75) is 13.3 Å². The summed E-state index contributed by atoms with van der Waals surface area (Å²) in [6.45, 7) is 1.83. The smallest absolute Gasteiger partial charge is 0.343 e. The van der Waals surface area contributed by atoms with Crippen LogP contribution in [0.2, 0.25) is 0 Å². The van der Waals surface area contributed by atoms with Crippen molar-refractivity contribution in [3.8, 4) is 17.6 Å². The second-order valence-electron chi connectivity index (χ2n) is 5.16. The Labute approximate surface area is 138 Å². The molecular formula is C18H15N3O3. The largest absolute Gasteiger partial charge is 0.497 e. The number of nitrogens with zero attached hydrogens (tertiary/aromatic N) is 3. The Hall–Kier alpha value is -3.33. The van der Waals surface area contributed by atoms with Crippen molar-refractivity contribution in [1.82, 2.24) is 9.38 Å². The van der Waals surface area contributed by atoms with Crippen LogP contribution in [0.25, 0.3) is 5.65 Å². The fourth-order valence-electron chi connectivity index (χ4n) is 2.46. The summed E-state index contributed by atoms with van der Waals surface area (Å²) < 4.78 is 12.3. The average Bonchev–Trinajstić information content (AvgIpc) is 2.92. The third-order valence-corrected chi connectivity index (χ3v) is 3.69. The van der Waals surface area contributed by atoms with Gasteiger partial charge in [-0.3, -0.25) is 4.40 Å². The van der Waals surface area contributed by atoms with Gasteiger partial charge in [0, 0.05) is 6.20 Å². The maximum absolute atomic E-state index is 12.3. The molecule has 1 aromatic carbocycles. The molecule has 6 heteroatoms. The van der Waals surface area contributed by atoms with Crippen LogP contribution >= 0.6 is 0 Å². The van der Waals surface area contributed by atoms with Gasteiger partial charge in [-0.2, -0.15) is 5.26 Å². The molecule has 0 saturated heterocycles. The molecule has 24 heavy (non-hydrogen) atoms. The van der Waals surface area contributed by atoms with E-state index in [1.165, 1.54) is 0 Å². The minimum absolute atomic E-state index is 0.239. The van der Waals surface area contributed by atoms with E-state index in [1.807, 2.05) is 6.92 Å². The van der Waals surface area contributed by atoms with Gasteiger partial charge in [0.1, 0.15) is 5.75 Å². The molecule has 0 radical (unpaired) electrons. The van der Waals surface area contributed by atoms with E-state index in [1.54, 1.807) is 54.1 Å². The van der Waals surface area contributed by atoms with Crippen molar-refractivity contribution < 1.29 is 14.3 Å². The molecule has 0 saturated carbocycles. The number of carbonyl (C=O) groups excluding carboxylic acids is 1. The molecule has 0 unspecified atom stereocenters. The lowest BCUT2D eigenvalue weighted by atomic mass is 10.2. The number of ether oxygens (including phenoxy) is 2. The van der Waals surface area contributed by atoms with Crippen molar-refractivity contribution in [2.75, 3.05) is 7.11 Å². The number of methoxy groups -OCH3 is 1. The number of rotatable bonds is 4. The first-order valence-corrected chi connectivity index (χ1v) is 7.33. The van der Waals surface area contributed by atoms with Gasteiger partial charge < -0.3 is 9.47 Å². The SMILES string of the molecule is COc1ccc(C(=O)Oc2cccn3c(CC#N)c(C)nc23)cc1. The quantitative estimate of drug-likeness (QED) is 0.691. The number of hydrogen-bond acceptors (Lipinski definition) is 5. The van der Waals surface area contributed by atoms with Crippen LogP contribution in [0, 0.1) is 18.3 Å². The van der Waals surface area contributed by atoms with Crippen LogP contribution in [-0.2, 0) is 6.42 Å². The summed E-state index contributed by atoms with van der Waals surface area (Å²) in [4.78, 5) is 16.7. The van der Waals surface area contributed by atoms with Gasteiger partial charge in [0.25, 0.3) is 0 Å². The third-order valence-electron chi connectivity index (χ3n) is 3.69. The van der Waals surface area contributed by atoms with Gasteiger partial charge in [-0.15, -0.1) is 0 Å². The Morgan fingerprint density at radius 1 is 1.29 bits per heavy atom. The molecule has 3 rings (SSSR count). The number of hydrogen-bond donors (Lipinski definition) is 0. The minimum Gasteiger partial charge on any atom is -0.497 e. The first-order chi connectivity index (χ1) is 11.6. The molecule has 0 spiro atoms. The minimum atomic E-state index is -0.478. The zero-order chi connectivity index (χ0) is 17.1. The zero-order valence-electron chi connectivity index (χ0n) is 13.3. The van der Waals surface area contributed by atoms with Gasteiger partial charge >= 0.3 is 5.97 Å². The zero-order valence-corrected chi connectivity index (χ0v) is 13.3. The van der Waals surface area contributed by atoms with Crippen molar-refractivity contribution in [1.29, 1.82) is 5.26 Å². The van der Waals surface area contributed by atoms with Crippen LogP contribution in [0.15, 0.2) is 42.6 Å². The highest BCUT2D eigenvalue weighted by atomic mass is 16.5. The molecular weight excluding hydrogens is 306 g/mol. The molecule has 0 aliphatic heterocycles. The lowest BCUT2D eigenvalue weighted by Gasteiger charge is -2.07. The van der Waals surface area contributed by atoms with Crippen molar-refractivity contribution >= 4 is 11.6 Å². The third kappa shape index (κ3) is 2.79. The van der Waals surface area contributed by atoms with E-state index >= 15 is 0 Å². The van der Waals surface area contributed by atoms with Crippen LogP contribution in [-0.4, -0.2) is 22.5 Å². The molecule has 120 valence electrons. The number of nitriles is 1. The van der Waals surface area contributed by atoms with E-state index in [9.17, 15) is 4.79 Å². The molecule has 0 amide bonds. The second-order valence-corrected chi connectivity index (χ2v) is 5.16. The number of benzene rings is 1. The van der Waals surface area contributed by atoms with Gasteiger partial charge in [0.2, 0.25) is 0 Å². The van der Waals surface area contributed by atoms with E-state index in [4.69, 9.17) is 14.7 Å². The fraction of sp³-hybridized carbons (Fsp3) is 0.167. The lowest BCUT2D eigenvalue weighted by Crippen LogP contribution is -2.09. The fourth-order valence-corrected chi connectivity index (χ4v) is 2.46. The van der Waals surface area contributed by atoms with Crippen LogP contribution in [0.3, 0.4) is 0 Å². The molecule has 0 aliphatic carbocycles. The first kappa shape index (κ1) is 15.6. The number of carbonyl (C=O) groups is 1. The lowest BCUT2D eigenvalue weighted by molar-refractivity contribution is 0.0736. The van der Waals surface area contributed by atoms with Crippen molar-refractivity contribution in [3.05, 3.63) is 59.5 Å². The van der Waals surface area contributed by atoms with Crippen LogP contribution in [0.4, 0.5) is 0 Å². The number of imidazole rings is 1. The van der Waals surface area contributed by atoms with E-state index in [2.05, 4.69) is 11.1 Å². The predicted molar refractivity (Wildman–Crippen MR) is 87.2 cm³/mol. The standard InChI is InChI=1S/C18H15N3O3/c1-12-15(9-10-19)21-11-3-4-16(17(21)20-12)24-18(22)13-5-7-14(23-2)8-6-13/h3-8,11H,9H2,1-2H3. The molecule has 0 N–H and O–H groups in total. The van der Waals surface area contributed by atoms with E-state index in [0.29, 0.717) is 22.7 Å². The molecule has 6 nitrogen and oxygen atoms in total. The molecule has 2 heterocycles. The van der Waals surface area contributed by atoms with Gasteiger partial charge in [-0.1, -0.05) is 0 Å². The van der Waals surface area contributed by atoms with Crippen molar-refractivity contribution in [3.63, 3.8) is 0 Å². The number of aromatic nitrogens is 2. The van der Waals surface area contributed by atoms with E-state index < -0.39 is 5.97 Å². The molecule has 0 bridgehead atoms. The highest BCUT2D eigenvalue weighted by Gasteiger charge is 2.15. The predicted octanol–water partition coefficient (Wildman–Crippen LogP) is 2.94. The topological polar surface area (TPSA) is 76.6 Å². The van der Waals surface area contributed by atoms with Crippen LogP contribution in [0.1, 0.15) is 21.7 Å². The number of aryl methyl sites for hydroxylation is 1. The number of esters is 1. The summed E-state index contributed by atoms with van der Waals surface area (Å²) in [5.74, 6) is 0.539. The summed E-state index contributed by atoms with van der Waals surface area (Å²) in [7, 11) is 1.56. The second kappa shape index (κ2) is 6.42. The average molecular weight is 321 g/mol. The Morgan fingerprint density at radius 3 is 2.71 bits per heavy atom. The Bertz CT molecular complexity index is 937. The van der Waals surface area contributed by atoms with E-state index in [0.717, 1.165) is 11.4 Å². The number of fused-ring (bicyclic) bond motifs is 1. The van der Waals surface area contributed by atoms with Crippen LogP contribution < -0.4 is 9.47 Å². The van der Waals surface area contributed by atoms with Gasteiger partial charge in [-0.05, 0) is 43.3 Å². The normalized spacial score (nSPS) is 10.4. The molecule has 0 fully saturated rings. The maximum Gasteiger partial charge on any atom is 0.343 e. The van der Waals surface area contributed by atoms with Gasteiger partial charge in [0.15, 0.2) is 11.4 Å². The molecule has 0 aliphatic rings. The maximum atomic E-state index is 12.3. The van der Waals surface area contributed by atoms with Gasteiger partial charge in [0.05, 0.1) is 36.6 Å². The monoisotopic (exact) mass is 321 g/mol. The molecule has 3 aromatic rings. The Kier molecular flexibility index (Phi) is 4.17. The Morgan fingerprint density at radius 2 is 2.04 bits per heavy atom. The Balaban J connectivity index is 1.93. The molecule has 0 atom stereocenters. The van der Waals surface area contributed by atoms with Crippen LogP contribution in [0.5, 0.6) is 11.5 Å². The highest BCUT2D eigenvalue weighted by molar-refractivity contribution is 5.92. The van der Waals surface area contributed by atoms with E-state index in [-0.39, 0.29) is 6.42 Å². The summed E-state index contributed by atoms with van der Waals surface area (Å²) in [6, 6.07) is 12.2. The summed E-state index contributed by atoms with van der Waals surface area (Å²) in [5, 5.41) is 8.94. The summed E-state index contributed by atoms with van der Waals surface area (Å²) in [6.07, 6.45) is 2.04. The van der Waals surface area contributed by atoms with Crippen molar-refractivity contribution in [2.24, 2.45) is 0 Å². The first-order valence-electron chi connectivity index (χ1n) is 7.33. The van der Waals surface area contributed by atoms with Gasteiger partial charge in [-0.25, -0.2) is 9.78 Å². The molecule has 2 aromatic heterocycles. The summed E-state index contributed by atoms with van der Waals surface area (Å²) in [5.41, 5.74) is 2.46.